The summed E-state index contributed by atoms with van der Waals surface area (Å²) in [7, 11) is 2.83. The molecule has 80 valence electrons. The van der Waals surface area contributed by atoms with E-state index >= 15 is 0 Å². The number of ether oxygens (including phenoxy) is 2. The maximum Gasteiger partial charge on any atom is 0.163 e. The Labute approximate surface area is 87.0 Å². The molecule has 0 saturated carbocycles. The third-order valence-electron chi connectivity index (χ3n) is 1.98. The molecular formula is C10H11FN2O2. The van der Waals surface area contributed by atoms with E-state index in [2.05, 4.69) is 0 Å². The van der Waals surface area contributed by atoms with Crippen molar-refractivity contribution in [3.63, 3.8) is 0 Å². The number of halogens is 1. The second-order valence-electron chi connectivity index (χ2n) is 2.84. The lowest BCUT2D eigenvalue weighted by atomic mass is 10.1. The third kappa shape index (κ3) is 2.17. The van der Waals surface area contributed by atoms with Gasteiger partial charge in [-0.3, -0.25) is 0 Å². The molecule has 0 amide bonds. The average Bonchev–Trinajstić information content (AvgIpc) is 2.27. The molecule has 0 saturated heterocycles. The number of hydrogen-bond donors (Lipinski definition) is 1. The third-order valence-corrected chi connectivity index (χ3v) is 1.98. The highest BCUT2D eigenvalue weighted by atomic mass is 19.1. The molecule has 0 aliphatic rings. The maximum absolute atomic E-state index is 13.4. The maximum atomic E-state index is 13.4. The first-order chi connectivity index (χ1) is 7.13. The highest BCUT2D eigenvalue weighted by Crippen LogP contribution is 2.31. The molecule has 1 aromatic carbocycles. The Morgan fingerprint density at radius 3 is 2.33 bits per heavy atom. The van der Waals surface area contributed by atoms with Crippen molar-refractivity contribution >= 4 is 0 Å². The molecule has 1 atom stereocenters. The molecule has 1 aromatic rings. The Morgan fingerprint density at radius 2 is 1.87 bits per heavy atom. The minimum Gasteiger partial charge on any atom is -0.493 e. The highest BCUT2D eigenvalue weighted by Gasteiger charge is 2.15. The fourth-order valence-electron chi connectivity index (χ4n) is 1.18. The van der Waals surface area contributed by atoms with Gasteiger partial charge in [0.15, 0.2) is 11.5 Å². The van der Waals surface area contributed by atoms with Crippen molar-refractivity contribution in [3.8, 4) is 17.6 Å². The van der Waals surface area contributed by atoms with E-state index < -0.39 is 11.9 Å². The van der Waals surface area contributed by atoms with Crippen LogP contribution in [0, 0.1) is 17.1 Å². The zero-order chi connectivity index (χ0) is 11.4. The molecule has 0 fully saturated rings. The van der Waals surface area contributed by atoms with Crippen LogP contribution in [0.1, 0.15) is 11.6 Å². The second-order valence-corrected chi connectivity index (χ2v) is 2.84. The molecule has 1 unspecified atom stereocenters. The molecule has 0 bridgehead atoms. The van der Waals surface area contributed by atoms with Crippen LogP contribution in [0.15, 0.2) is 12.1 Å². The zero-order valence-electron chi connectivity index (χ0n) is 8.45. The van der Waals surface area contributed by atoms with Gasteiger partial charge in [0.25, 0.3) is 0 Å². The molecule has 0 aliphatic carbocycles. The molecule has 0 heterocycles. The highest BCUT2D eigenvalue weighted by molar-refractivity contribution is 5.45. The Balaban J connectivity index is 3.27. The molecule has 0 radical (unpaired) electrons. The molecule has 2 N–H and O–H groups in total. The van der Waals surface area contributed by atoms with Gasteiger partial charge in [-0.1, -0.05) is 0 Å². The van der Waals surface area contributed by atoms with Crippen molar-refractivity contribution < 1.29 is 13.9 Å². The van der Waals surface area contributed by atoms with E-state index in [9.17, 15) is 4.39 Å². The van der Waals surface area contributed by atoms with E-state index in [1.807, 2.05) is 0 Å². The summed E-state index contributed by atoms with van der Waals surface area (Å²) in [5.74, 6) is 0.0326. The van der Waals surface area contributed by atoms with Crippen LogP contribution in [0.4, 0.5) is 4.39 Å². The number of nitrogens with zero attached hydrogens (tertiary/aromatic N) is 1. The fraction of sp³-hybridized carbons (Fsp3) is 0.300. The second kappa shape index (κ2) is 4.62. The fourth-order valence-corrected chi connectivity index (χ4v) is 1.18. The summed E-state index contributed by atoms with van der Waals surface area (Å²) in [5.41, 5.74) is 5.51. The molecule has 15 heavy (non-hydrogen) atoms. The van der Waals surface area contributed by atoms with Crippen LogP contribution in [-0.2, 0) is 0 Å². The van der Waals surface area contributed by atoms with Gasteiger partial charge >= 0.3 is 0 Å². The average molecular weight is 210 g/mol. The van der Waals surface area contributed by atoms with E-state index in [0.717, 1.165) is 6.07 Å². The summed E-state index contributed by atoms with van der Waals surface area (Å²) < 4.78 is 23.3. The first kappa shape index (κ1) is 11.3. The van der Waals surface area contributed by atoms with Crippen molar-refractivity contribution in [1.29, 1.82) is 5.26 Å². The van der Waals surface area contributed by atoms with Crippen molar-refractivity contribution in [1.82, 2.24) is 0 Å². The number of hydrogen-bond acceptors (Lipinski definition) is 4. The lowest BCUT2D eigenvalue weighted by Crippen LogP contribution is -2.10. The zero-order valence-corrected chi connectivity index (χ0v) is 8.45. The van der Waals surface area contributed by atoms with Gasteiger partial charge < -0.3 is 15.2 Å². The van der Waals surface area contributed by atoms with Gasteiger partial charge in [-0.15, -0.1) is 0 Å². The monoisotopic (exact) mass is 210 g/mol. The van der Waals surface area contributed by atoms with E-state index in [-0.39, 0.29) is 11.3 Å². The van der Waals surface area contributed by atoms with E-state index in [0.29, 0.717) is 5.75 Å². The van der Waals surface area contributed by atoms with Crippen molar-refractivity contribution in [2.45, 2.75) is 6.04 Å². The number of nitrogens with two attached hydrogens (primary N) is 1. The number of benzene rings is 1. The van der Waals surface area contributed by atoms with Crippen molar-refractivity contribution in [2.75, 3.05) is 14.2 Å². The van der Waals surface area contributed by atoms with Gasteiger partial charge in [-0.25, -0.2) is 4.39 Å². The van der Waals surface area contributed by atoms with Crippen LogP contribution in [0.25, 0.3) is 0 Å². The minimum atomic E-state index is -1.01. The SMILES string of the molecule is COc1cc(F)c(C(N)C#N)cc1OC. The van der Waals surface area contributed by atoms with Crippen LogP contribution in [0.5, 0.6) is 11.5 Å². The van der Waals surface area contributed by atoms with E-state index in [1.54, 1.807) is 6.07 Å². The van der Waals surface area contributed by atoms with Crippen LogP contribution in [-0.4, -0.2) is 14.2 Å². The lowest BCUT2D eigenvalue weighted by Gasteiger charge is -2.11. The summed E-state index contributed by atoms with van der Waals surface area (Å²) >= 11 is 0. The first-order valence-corrected chi connectivity index (χ1v) is 4.20. The normalized spacial score (nSPS) is 11.7. The van der Waals surface area contributed by atoms with Crippen LogP contribution in [0.2, 0.25) is 0 Å². The van der Waals surface area contributed by atoms with Crippen LogP contribution in [0.3, 0.4) is 0 Å². The van der Waals surface area contributed by atoms with Crippen molar-refractivity contribution in [3.05, 3.63) is 23.5 Å². The van der Waals surface area contributed by atoms with Gasteiger partial charge in [0.05, 0.1) is 20.3 Å². The Hall–Kier alpha value is -1.80. The summed E-state index contributed by atoms with van der Waals surface area (Å²) in [6.45, 7) is 0. The largest absolute Gasteiger partial charge is 0.493 e. The smallest absolute Gasteiger partial charge is 0.163 e. The summed E-state index contributed by atoms with van der Waals surface area (Å²) in [5, 5.41) is 8.59. The summed E-state index contributed by atoms with van der Waals surface area (Å²) in [6.07, 6.45) is 0. The quantitative estimate of drug-likeness (QED) is 0.818. The number of nitriles is 1. The van der Waals surface area contributed by atoms with Crippen molar-refractivity contribution in [2.24, 2.45) is 5.73 Å². The topological polar surface area (TPSA) is 68.3 Å². The Bertz CT molecular complexity index is 401. The lowest BCUT2D eigenvalue weighted by molar-refractivity contribution is 0.351. The minimum absolute atomic E-state index is 0.0927. The van der Waals surface area contributed by atoms with Crippen LogP contribution >= 0.6 is 0 Å². The predicted octanol–water partition coefficient (Wildman–Crippen LogP) is 1.37. The molecule has 0 spiro atoms. The van der Waals surface area contributed by atoms with Gasteiger partial charge in [0.2, 0.25) is 0 Å². The molecule has 1 rings (SSSR count). The van der Waals surface area contributed by atoms with E-state index in [4.69, 9.17) is 20.5 Å². The van der Waals surface area contributed by atoms with Gasteiger partial charge in [-0.2, -0.15) is 5.26 Å². The molecule has 0 aromatic heterocycles. The van der Waals surface area contributed by atoms with Gasteiger partial charge in [-0.05, 0) is 6.07 Å². The van der Waals surface area contributed by atoms with Gasteiger partial charge in [0.1, 0.15) is 11.9 Å². The standard InChI is InChI=1S/C10H11FN2O2/c1-14-9-3-6(8(13)5-12)7(11)4-10(9)15-2/h3-4,8H,13H2,1-2H3. The number of rotatable bonds is 3. The molecule has 0 aliphatic heterocycles. The van der Waals surface area contributed by atoms with Gasteiger partial charge in [0, 0.05) is 11.6 Å². The Morgan fingerprint density at radius 1 is 1.33 bits per heavy atom. The molecule has 4 nitrogen and oxygen atoms in total. The summed E-state index contributed by atoms with van der Waals surface area (Å²) in [6, 6.07) is 3.25. The molecular weight excluding hydrogens is 199 g/mol. The predicted molar refractivity (Wildman–Crippen MR) is 52.0 cm³/mol. The Kier molecular flexibility index (Phi) is 3.47. The molecule has 5 heteroatoms. The first-order valence-electron chi connectivity index (χ1n) is 4.20. The number of methoxy groups -OCH3 is 2. The van der Waals surface area contributed by atoms with Crippen LogP contribution < -0.4 is 15.2 Å². The summed E-state index contributed by atoms with van der Waals surface area (Å²) in [4.78, 5) is 0. The van der Waals surface area contributed by atoms with E-state index in [1.165, 1.54) is 20.3 Å².